The number of benzene rings is 2. The number of carbonyl (C=O) groups excluding carboxylic acids is 2. The third-order valence-electron chi connectivity index (χ3n) is 5.56. The first-order valence-corrected chi connectivity index (χ1v) is 13.3. The maximum Gasteiger partial charge on any atom is 0.244 e. The van der Waals surface area contributed by atoms with Crippen LogP contribution in [0.5, 0.6) is 5.75 Å². The van der Waals surface area contributed by atoms with Gasteiger partial charge in [-0.2, -0.15) is 0 Å². The third-order valence-corrected chi connectivity index (χ3v) is 6.92. The summed E-state index contributed by atoms with van der Waals surface area (Å²) in [6.45, 7) is 4.36. The molecule has 0 saturated carbocycles. The van der Waals surface area contributed by atoms with E-state index in [0.717, 1.165) is 15.5 Å². The molecule has 0 aliphatic carbocycles. The molecule has 0 spiro atoms. The summed E-state index contributed by atoms with van der Waals surface area (Å²) in [4.78, 5) is 27.5. The van der Waals surface area contributed by atoms with Crippen molar-refractivity contribution in [3.8, 4) is 5.75 Å². The zero-order chi connectivity index (χ0) is 26.3. The van der Waals surface area contributed by atoms with Crippen molar-refractivity contribution in [1.29, 1.82) is 0 Å². The van der Waals surface area contributed by atoms with E-state index < -0.39 is 40.2 Å². The molecule has 192 valence electrons. The van der Waals surface area contributed by atoms with E-state index in [1.807, 2.05) is 13.8 Å². The average Bonchev–Trinajstić information content (AvgIpc) is 2.80. The minimum atomic E-state index is -3.97. The fourth-order valence-corrected chi connectivity index (χ4v) is 4.32. The summed E-state index contributed by atoms with van der Waals surface area (Å²) < 4.78 is 45.9. The summed E-state index contributed by atoms with van der Waals surface area (Å²) in [5, 5.41) is 3.05. The lowest BCUT2D eigenvalue weighted by atomic mass is 10.1. The van der Waals surface area contributed by atoms with E-state index in [4.69, 9.17) is 16.3 Å². The first kappa shape index (κ1) is 28.4. The minimum Gasteiger partial charge on any atom is -0.495 e. The molecule has 0 fully saturated rings. The maximum atomic E-state index is 14.4. The molecule has 0 saturated heterocycles. The number of hydrogen-bond acceptors (Lipinski definition) is 5. The molecule has 8 nitrogen and oxygen atoms in total. The van der Waals surface area contributed by atoms with Crippen LogP contribution in [0.1, 0.15) is 32.8 Å². The molecule has 2 unspecified atom stereocenters. The summed E-state index contributed by atoms with van der Waals surface area (Å²) >= 11 is 6.08. The smallest absolute Gasteiger partial charge is 0.244 e. The highest BCUT2D eigenvalue weighted by molar-refractivity contribution is 7.92. The number of ether oxygens (including phenoxy) is 1. The number of hydrogen-bond donors (Lipinski definition) is 1. The number of carbonyl (C=O) groups is 2. The Balaban J connectivity index is 2.47. The molecule has 0 aliphatic heterocycles. The Morgan fingerprint density at radius 3 is 2.40 bits per heavy atom. The number of anilines is 1. The van der Waals surface area contributed by atoms with Gasteiger partial charge in [-0.25, -0.2) is 12.8 Å². The lowest BCUT2D eigenvalue weighted by molar-refractivity contribution is -0.139. The van der Waals surface area contributed by atoms with Gasteiger partial charge in [0.1, 0.15) is 24.2 Å². The quantitative estimate of drug-likeness (QED) is 0.482. The van der Waals surface area contributed by atoms with Gasteiger partial charge >= 0.3 is 0 Å². The molecule has 0 bridgehead atoms. The Kier molecular flexibility index (Phi) is 9.91. The number of nitrogens with zero attached hydrogens (tertiary/aromatic N) is 2. The van der Waals surface area contributed by atoms with E-state index in [9.17, 15) is 22.4 Å². The lowest BCUT2D eigenvalue weighted by Crippen LogP contribution is -2.52. The summed E-state index contributed by atoms with van der Waals surface area (Å²) in [5.41, 5.74) is 0.258. The van der Waals surface area contributed by atoms with Gasteiger partial charge in [-0.15, -0.1) is 0 Å². The normalized spacial score (nSPS) is 13.0. The van der Waals surface area contributed by atoms with Crippen LogP contribution in [0.2, 0.25) is 5.02 Å². The van der Waals surface area contributed by atoms with E-state index in [0.29, 0.717) is 6.42 Å². The Bertz CT molecular complexity index is 1160. The van der Waals surface area contributed by atoms with Crippen LogP contribution in [-0.2, 0) is 26.2 Å². The molecule has 2 rings (SSSR count). The molecular weight excluding hydrogens is 497 g/mol. The number of amides is 2. The third kappa shape index (κ3) is 7.57. The summed E-state index contributed by atoms with van der Waals surface area (Å²) in [7, 11) is -2.61. The van der Waals surface area contributed by atoms with Gasteiger partial charge in [0.2, 0.25) is 21.8 Å². The summed E-state index contributed by atoms with van der Waals surface area (Å²) in [6, 6.07) is 9.13. The van der Waals surface area contributed by atoms with E-state index >= 15 is 0 Å². The Morgan fingerprint density at radius 2 is 1.83 bits per heavy atom. The van der Waals surface area contributed by atoms with Crippen molar-refractivity contribution >= 4 is 39.1 Å². The van der Waals surface area contributed by atoms with E-state index in [1.54, 1.807) is 6.07 Å². The van der Waals surface area contributed by atoms with Gasteiger partial charge in [-0.1, -0.05) is 36.7 Å². The number of rotatable bonds is 11. The zero-order valence-electron chi connectivity index (χ0n) is 20.4. The van der Waals surface area contributed by atoms with Gasteiger partial charge in [-0.3, -0.25) is 13.9 Å². The van der Waals surface area contributed by atoms with Gasteiger partial charge in [0.15, 0.2) is 0 Å². The molecule has 2 aromatic rings. The number of nitrogens with one attached hydrogen (secondary N) is 1. The fourth-order valence-electron chi connectivity index (χ4n) is 3.31. The molecule has 2 atom stereocenters. The van der Waals surface area contributed by atoms with Crippen LogP contribution in [-0.4, -0.2) is 57.1 Å². The standard InChI is InChI=1S/C24H31ClFN3O5S/c1-6-16(2)27-24(31)17(3)28(14-18-9-7-8-10-20(18)26)23(30)15-29(35(5,32)33)21-13-19(25)11-12-22(21)34-4/h7-13,16-17H,6,14-15H2,1-5H3,(H,27,31). The van der Waals surface area contributed by atoms with Gasteiger partial charge in [-0.05, 0) is 44.5 Å². The second-order valence-electron chi connectivity index (χ2n) is 8.19. The highest BCUT2D eigenvalue weighted by Gasteiger charge is 2.32. The van der Waals surface area contributed by atoms with E-state index in [1.165, 1.54) is 50.4 Å². The second kappa shape index (κ2) is 12.2. The van der Waals surface area contributed by atoms with Crippen LogP contribution in [0.4, 0.5) is 10.1 Å². The number of methoxy groups -OCH3 is 1. The SMILES string of the molecule is CCC(C)NC(=O)C(C)N(Cc1ccccc1F)C(=O)CN(c1cc(Cl)ccc1OC)S(C)(=O)=O. The van der Waals surface area contributed by atoms with Crippen molar-refractivity contribution in [3.05, 3.63) is 58.9 Å². The first-order valence-electron chi connectivity index (χ1n) is 11.0. The predicted octanol–water partition coefficient (Wildman–Crippen LogP) is 3.59. The fraction of sp³-hybridized carbons (Fsp3) is 0.417. The molecule has 0 radical (unpaired) electrons. The van der Waals surface area contributed by atoms with Crippen molar-refractivity contribution in [2.45, 2.75) is 45.8 Å². The molecule has 0 aromatic heterocycles. The molecule has 35 heavy (non-hydrogen) atoms. The van der Waals surface area contributed by atoms with Gasteiger partial charge in [0.25, 0.3) is 0 Å². The molecule has 2 amide bonds. The van der Waals surface area contributed by atoms with Crippen molar-refractivity contribution in [2.24, 2.45) is 0 Å². The average molecular weight is 528 g/mol. The van der Waals surface area contributed by atoms with Crippen LogP contribution in [0.25, 0.3) is 0 Å². The number of halogens is 2. The van der Waals surface area contributed by atoms with Crippen LogP contribution in [0.3, 0.4) is 0 Å². The second-order valence-corrected chi connectivity index (χ2v) is 10.5. The number of sulfonamides is 1. The first-order chi connectivity index (χ1) is 16.4. The Labute approximate surface area is 211 Å². The highest BCUT2D eigenvalue weighted by atomic mass is 35.5. The van der Waals surface area contributed by atoms with Gasteiger partial charge in [0.05, 0.1) is 19.1 Å². The summed E-state index contributed by atoms with van der Waals surface area (Å²) in [6.07, 6.45) is 1.62. The highest BCUT2D eigenvalue weighted by Crippen LogP contribution is 2.33. The van der Waals surface area contributed by atoms with E-state index in [2.05, 4.69) is 5.32 Å². The van der Waals surface area contributed by atoms with Crippen molar-refractivity contribution in [1.82, 2.24) is 10.2 Å². The molecule has 2 aromatic carbocycles. The lowest BCUT2D eigenvalue weighted by Gasteiger charge is -2.32. The molecule has 0 heterocycles. The van der Waals surface area contributed by atoms with Crippen molar-refractivity contribution < 1.29 is 27.1 Å². The van der Waals surface area contributed by atoms with Crippen LogP contribution in [0, 0.1) is 5.82 Å². The minimum absolute atomic E-state index is 0.0680. The van der Waals surface area contributed by atoms with Crippen LogP contribution >= 0.6 is 11.6 Å². The predicted molar refractivity (Wildman–Crippen MR) is 135 cm³/mol. The molecule has 0 aliphatic rings. The molecule has 1 N–H and O–H groups in total. The Hall–Kier alpha value is -2.85. The molecule has 11 heteroatoms. The summed E-state index contributed by atoms with van der Waals surface area (Å²) in [5.74, 6) is -1.49. The van der Waals surface area contributed by atoms with Crippen LogP contribution in [0.15, 0.2) is 42.5 Å². The largest absolute Gasteiger partial charge is 0.495 e. The van der Waals surface area contributed by atoms with Gasteiger partial charge in [0, 0.05) is 23.2 Å². The van der Waals surface area contributed by atoms with Crippen molar-refractivity contribution in [2.75, 3.05) is 24.2 Å². The van der Waals surface area contributed by atoms with Gasteiger partial charge < -0.3 is 15.0 Å². The zero-order valence-corrected chi connectivity index (χ0v) is 22.0. The Morgan fingerprint density at radius 1 is 1.17 bits per heavy atom. The van der Waals surface area contributed by atoms with Crippen molar-refractivity contribution in [3.63, 3.8) is 0 Å². The monoisotopic (exact) mass is 527 g/mol. The topological polar surface area (TPSA) is 96.0 Å². The van der Waals surface area contributed by atoms with Crippen LogP contribution < -0.4 is 14.4 Å². The molecular formula is C24H31ClFN3O5S. The maximum absolute atomic E-state index is 14.4. The van der Waals surface area contributed by atoms with E-state index in [-0.39, 0.29) is 34.6 Å².